The van der Waals surface area contributed by atoms with Gasteiger partial charge in [0.1, 0.15) is 11.5 Å². The van der Waals surface area contributed by atoms with Crippen LogP contribution < -0.4 is 10.1 Å². The van der Waals surface area contributed by atoms with Gasteiger partial charge in [0.2, 0.25) is 0 Å². The van der Waals surface area contributed by atoms with Crippen molar-refractivity contribution < 1.29 is 14.9 Å². The van der Waals surface area contributed by atoms with Crippen LogP contribution in [0.3, 0.4) is 0 Å². The van der Waals surface area contributed by atoms with Crippen LogP contribution in [0.4, 0.5) is 0 Å². The second kappa shape index (κ2) is 7.50. The molecule has 1 aromatic carbocycles. The summed E-state index contributed by atoms with van der Waals surface area (Å²) >= 11 is 0. The van der Waals surface area contributed by atoms with E-state index in [2.05, 4.69) is 19.2 Å². The van der Waals surface area contributed by atoms with Gasteiger partial charge in [-0.1, -0.05) is 19.9 Å². The highest BCUT2D eigenvalue weighted by Gasteiger charge is 2.20. The number of ether oxygens (including phenoxy) is 1. The molecule has 0 radical (unpaired) electrons. The Morgan fingerprint density at radius 2 is 2.05 bits per heavy atom. The molecule has 0 bridgehead atoms. The van der Waals surface area contributed by atoms with Gasteiger partial charge in [-0.25, -0.2) is 0 Å². The second-order valence-electron chi connectivity index (χ2n) is 6.03. The molecule has 0 amide bonds. The van der Waals surface area contributed by atoms with Crippen LogP contribution in [-0.4, -0.2) is 29.5 Å². The van der Waals surface area contributed by atoms with Gasteiger partial charge in [-0.05, 0) is 31.7 Å². The molecular formula is C16H27NO3. The fourth-order valence-corrected chi connectivity index (χ4v) is 1.97. The summed E-state index contributed by atoms with van der Waals surface area (Å²) in [6.45, 7) is 7.17. The first-order chi connectivity index (χ1) is 9.34. The molecule has 1 rings (SSSR count). The van der Waals surface area contributed by atoms with Crippen LogP contribution in [0.1, 0.15) is 39.2 Å². The number of hydrogen-bond donors (Lipinski definition) is 3. The summed E-state index contributed by atoms with van der Waals surface area (Å²) < 4.78 is 5.04. The molecule has 0 aliphatic heterocycles. The molecule has 114 valence electrons. The van der Waals surface area contributed by atoms with Gasteiger partial charge in [-0.15, -0.1) is 0 Å². The average molecular weight is 281 g/mol. The third-order valence-electron chi connectivity index (χ3n) is 3.37. The van der Waals surface area contributed by atoms with Gasteiger partial charge < -0.3 is 20.3 Å². The first kappa shape index (κ1) is 16.8. The van der Waals surface area contributed by atoms with Crippen LogP contribution in [0.25, 0.3) is 0 Å². The Morgan fingerprint density at radius 3 is 2.60 bits per heavy atom. The van der Waals surface area contributed by atoms with Crippen molar-refractivity contribution in [3.05, 3.63) is 23.8 Å². The molecule has 0 aromatic heterocycles. The maximum Gasteiger partial charge on any atom is 0.123 e. The molecule has 4 heteroatoms. The quantitative estimate of drug-likeness (QED) is 0.685. The first-order valence-corrected chi connectivity index (χ1v) is 7.13. The minimum absolute atomic E-state index is 0.207. The Kier molecular flexibility index (Phi) is 6.30. The zero-order chi connectivity index (χ0) is 15.2. The fraction of sp³-hybridized carbons (Fsp3) is 0.625. The van der Waals surface area contributed by atoms with Crippen molar-refractivity contribution in [1.29, 1.82) is 0 Å². The highest BCUT2D eigenvalue weighted by Crippen LogP contribution is 2.23. The van der Waals surface area contributed by atoms with Crippen molar-refractivity contribution in [2.45, 2.75) is 45.8 Å². The van der Waals surface area contributed by atoms with Gasteiger partial charge in [0.25, 0.3) is 0 Å². The number of nitrogens with one attached hydrogen (secondary N) is 1. The van der Waals surface area contributed by atoms with E-state index < -0.39 is 5.60 Å². The molecule has 0 aliphatic rings. The number of phenols is 1. The highest BCUT2D eigenvalue weighted by atomic mass is 16.5. The van der Waals surface area contributed by atoms with E-state index in [-0.39, 0.29) is 5.75 Å². The smallest absolute Gasteiger partial charge is 0.123 e. The van der Waals surface area contributed by atoms with Crippen LogP contribution in [0.5, 0.6) is 11.5 Å². The van der Waals surface area contributed by atoms with E-state index in [9.17, 15) is 10.2 Å². The summed E-state index contributed by atoms with van der Waals surface area (Å²) in [4.78, 5) is 0. The number of aliphatic hydroxyl groups is 1. The normalized spacial score (nSPS) is 14.3. The first-order valence-electron chi connectivity index (χ1n) is 7.13. The monoisotopic (exact) mass is 281 g/mol. The number of rotatable bonds is 8. The lowest BCUT2D eigenvalue weighted by Gasteiger charge is -2.24. The molecule has 1 unspecified atom stereocenters. The van der Waals surface area contributed by atoms with Crippen LogP contribution in [0.2, 0.25) is 0 Å². The molecule has 4 nitrogen and oxygen atoms in total. The van der Waals surface area contributed by atoms with E-state index in [1.54, 1.807) is 13.2 Å². The van der Waals surface area contributed by atoms with Gasteiger partial charge in [0, 0.05) is 24.7 Å². The summed E-state index contributed by atoms with van der Waals surface area (Å²) in [6.07, 6.45) is 1.77. The van der Waals surface area contributed by atoms with Crippen molar-refractivity contribution in [1.82, 2.24) is 5.32 Å². The molecule has 1 atom stereocenters. The van der Waals surface area contributed by atoms with E-state index in [0.29, 0.717) is 24.8 Å². The van der Waals surface area contributed by atoms with Crippen molar-refractivity contribution in [2.24, 2.45) is 5.92 Å². The second-order valence-corrected chi connectivity index (χ2v) is 6.03. The van der Waals surface area contributed by atoms with E-state index in [4.69, 9.17) is 4.74 Å². The minimum atomic E-state index is -0.716. The zero-order valence-corrected chi connectivity index (χ0v) is 12.9. The molecule has 0 aliphatic carbocycles. The summed E-state index contributed by atoms with van der Waals surface area (Å²) in [6, 6.07) is 5.23. The third-order valence-corrected chi connectivity index (χ3v) is 3.37. The number of hydrogen-bond acceptors (Lipinski definition) is 4. The topological polar surface area (TPSA) is 61.7 Å². The van der Waals surface area contributed by atoms with Crippen molar-refractivity contribution in [3.8, 4) is 11.5 Å². The number of phenolic OH excluding ortho intramolecular Hbond substituents is 1. The third kappa shape index (κ3) is 5.80. The lowest BCUT2D eigenvalue weighted by atomic mass is 9.95. The Hall–Kier alpha value is -1.26. The molecule has 0 fully saturated rings. The molecule has 0 saturated carbocycles. The van der Waals surface area contributed by atoms with Gasteiger partial charge >= 0.3 is 0 Å². The maximum atomic E-state index is 10.2. The predicted molar refractivity (Wildman–Crippen MR) is 81.1 cm³/mol. The molecule has 1 aromatic rings. The summed E-state index contributed by atoms with van der Waals surface area (Å²) in [5, 5.41) is 23.3. The van der Waals surface area contributed by atoms with Crippen molar-refractivity contribution in [3.63, 3.8) is 0 Å². The molecule has 0 heterocycles. The summed E-state index contributed by atoms with van der Waals surface area (Å²) in [7, 11) is 1.57. The van der Waals surface area contributed by atoms with Gasteiger partial charge in [-0.3, -0.25) is 0 Å². The summed E-state index contributed by atoms with van der Waals surface area (Å²) in [5.74, 6) is 1.43. The number of methoxy groups -OCH3 is 1. The van der Waals surface area contributed by atoms with Gasteiger partial charge in [-0.2, -0.15) is 0 Å². The number of aromatic hydroxyl groups is 1. The van der Waals surface area contributed by atoms with Crippen molar-refractivity contribution in [2.75, 3.05) is 13.7 Å². The highest BCUT2D eigenvalue weighted by molar-refractivity contribution is 5.39. The van der Waals surface area contributed by atoms with E-state index >= 15 is 0 Å². The van der Waals surface area contributed by atoms with Crippen LogP contribution in [0, 0.1) is 5.92 Å². The summed E-state index contributed by atoms with van der Waals surface area (Å²) in [5.41, 5.74) is 0.0808. The molecule has 0 spiro atoms. The predicted octanol–water partition coefficient (Wildman–Crippen LogP) is 2.68. The lowest BCUT2D eigenvalue weighted by Crippen LogP contribution is -2.37. The van der Waals surface area contributed by atoms with Gasteiger partial charge in [0.05, 0.1) is 12.7 Å². The average Bonchev–Trinajstić information content (AvgIpc) is 2.38. The lowest BCUT2D eigenvalue weighted by molar-refractivity contribution is 0.0450. The van der Waals surface area contributed by atoms with Gasteiger partial charge in [0.15, 0.2) is 0 Å². The van der Waals surface area contributed by atoms with Crippen LogP contribution in [-0.2, 0) is 6.54 Å². The van der Waals surface area contributed by atoms with E-state index in [1.807, 2.05) is 19.1 Å². The van der Waals surface area contributed by atoms with Crippen LogP contribution in [0.15, 0.2) is 18.2 Å². The maximum absolute atomic E-state index is 10.2. The molecule has 20 heavy (non-hydrogen) atoms. The largest absolute Gasteiger partial charge is 0.507 e. The van der Waals surface area contributed by atoms with Crippen molar-refractivity contribution >= 4 is 0 Å². The Bertz CT molecular complexity index is 416. The molecular weight excluding hydrogens is 254 g/mol. The van der Waals surface area contributed by atoms with Crippen LogP contribution >= 0.6 is 0 Å². The zero-order valence-electron chi connectivity index (χ0n) is 12.9. The van der Waals surface area contributed by atoms with E-state index in [1.165, 1.54) is 0 Å². The standard InChI is InChI=1S/C16H27NO3/c1-12(2)7-8-16(3,19)11-17-10-13-5-6-14(20-4)9-15(13)18/h5-6,9,12,17-19H,7-8,10-11H2,1-4H3. The number of benzene rings is 1. The fourth-order valence-electron chi connectivity index (χ4n) is 1.97. The van der Waals surface area contributed by atoms with E-state index in [0.717, 1.165) is 18.4 Å². The SMILES string of the molecule is COc1ccc(CNCC(C)(O)CCC(C)C)c(O)c1. The Balaban J connectivity index is 2.43. The Morgan fingerprint density at radius 1 is 1.35 bits per heavy atom. The Labute approximate surface area is 121 Å². The molecule has 0 saturated heterocycles. The molecule has 3 N–H and O–H groups in total. The minimum Gasteiger partial charge on any atom is -0.507 e.